The summed E-state index contributed by atoms with van der Waals surface area (Å²) in [6.07, 6.45) is 2.52. The lowest BCUT2D eigenvalue weighted by Gasteiger charge is -2.16. The Morgan fingerprint density at radius 1 is 1.32 bits per heavy atom. The van der Waals surface area contributed by atoms with E-state index in [4.69, 9.17) is 0 Å². The number of hydrogen-bond donors (Lipinski definition) is 3. The molecule has 166 valence electrons. The molecular weight excluding hydrogens is 424 g/mol. The molecule has 3 aromatic rings. The zero-order valence-corrected chi connectivity index (χ0v) is 18.4. The largest absolute Gasteiger partial charge is 0.394 e. The molecule has 0 saturated heterocycles. The van der Waals surface area contributed by atoms with E-state index in [2.05, 4.69) is 25.4 Å². The van der Waals surface area contributed by atoms with E-state index < -0.39 is 15.9 Å². The number of pyridine rings is 1. The Morgan fingerprint density at radius 3 is 2.68 bits per heavy atom. The highest BCUT2D eigenvalue weighted by atomic mass is 32.2. The van der Waals surface area contributed by atoms with Crippen molar-refractivity contribution in [3.63, 3.8) is 0 Å². The SMILES string of the molecule is CCN(C)c1nc(Nc2cc(C)ccn2)c2c(n1)c(C(=O)NS(C)(=O)=O)nn2CCO. The third-order valence-electron chi connectivity index (χ3n) is 4.36. The molecule has 0 aliphatic heterocycles. The second-order valence-electron chi connectivity index (χ2n) is 6.93. The molecule has 3 N–H and O–H groups in total. The van der Waals surface area contributed by atoms with Crippen LogP contribution in [0.25, 0.3) is 11.0 Å². The lowest BCUT2D eigenvalue weighted by molar-refractivity contribution is 0.0977. The molecule has 0 saturated carbocycles. The molecule has 0 bridgehead atoms. The van der Waals surface area contributed by atoms with Gasteiger partial charge in [0.05, 0.1) is 19.4 Å². The second kappa shape index (κ2) is 8.81. The summed E-state index contributed by atoms with van der Waals surface area (Å²) in [6.45, 7) is 4.20. The average molecular weight is 449 g/mol. The number of carbonyl (C=O) groups is 1. The molecule has 31 heavy (non-hydrogen) atoms. The number of sulfonamides is 1. The Morgan fingerprint density at radius 2 is 2.06 bits per heavy atom. The number of aliphatic hydroxyl groups excluding tert-OH is 1. The van der Waals surface area contributed by atoms with Crippen molar-refractivity contribution in [1.82, 2.24) is 29.5 Å². The maximum atomic E-state index is 12.6. The summed E-state index contributed by atoms with van der Waals surface area (Å²) in [7, 11) is -2.03. The van der Waals surface area contributed by atoms with Gasteiger partial charge in [0.1, 0.15) is 16.9 Å². The van der Waals surface area contributed by atoms with E-state index in [1.165, 1.54) is 4.68 Å². The number of aliphatic hydroxyl groups is 1. The lowest BCUT2D eigenvalue weighted by Crippen LogP contribution is -2.30. The molecule has 0 unspecified atom stereocenters. The van der Waals surface area contributed by atoms with E-state index in [1.807, 2.05) is 30.7 Å². The summed E-state index contributed by atoms with van der Waals surface area (Å²) < 4.78 is 26.4. The summed E-state index contributed by atoms with van der Waals surface area (Å²) in [5.41, 5.74) is 1.27. The molecule has 13 heteroatoms. The van der Waals surface area contributed by atoms with Gasteiger partial charge in [-0.1, -0.05) is 0 Å². The van der Waals surface area contributed by atoms with Crippen LogP contribution >= 0.6 is 0 Å². The minimum absolute atomic E-state index is 0.0465. The topological polar surface area (TPSA) is 155 Å². The molecule has 0 aliphatic carbocycles. The van der Waals surface area contributed by atoms with E-state index in [-0.39, 0.29) is 24.4 Å². The van der Waals surface area contributed by atoms with Crippen LogP contribution in [0.3, 0.4) is 0 Å². The maximum Gasteiger partial charge on any atom is 0.287 e. The summed E-state index contributed by atoms with van der Waals surface area (Å²) >= 11 is 0. The molecule has 0 fully saturated rings. The van der Waals surface area contributed by atoms with Crippen LogP contribution in [0.5, 0.6) is 0 Å². The van der Waals surface area contributed by atoms with Gasteiger partial charge in [0, 0.05) is 19.8 Å². The van der Waals surface area contributed by atoms with Crippen LogP contribution in [-0.4, -0.2) is 70.6 Å². The minimum atomic E-state index is -3.82. The van der Waals surface area contributed by atoms with E-state index in [9.17, 15) is 18.3 Å². The summed E-state index contributed by atoms with van der Waals surface area (Å²) in [4.78, 5) is 27.7. The van der Waals surface area contributed by atoms with Crippen LogP contribution in [0.2, 0.25) is 0 Å². The number of aromatic nitrogens is 5. The van der Waals surface area contributed by atoms with Gasteiger partial charge in [0.15, 0.2) is 11.5 Å². The van der Waals surface area contributed by atoms with Crippen molar-refractivity contribution in [3.05, 3.63) is 29.6 Å². The molecule has 12 nitrogen and oxygen atoms in total. The van der Waals surface area contributed by atoms with Crippen LogP contribution in [-0.2, 0) is 16.6 Å². The molecule has 3 aromatic heterocycles. The smallest absolute Gasteiger partial charge is 0.287 e. The number of hydrogen-bond acceptors (Lipinski definition) is 10. The summed E-state index contributed by atoms with van der Waals surface area (Å²) in [5, 5.41) is 16.8. The Balaban J connectivity index is 2.26. The molecule has 0 atom stereocenters. The first kappa shape index (κ1) is 22.4. The summed E-state index contributed by atoms with van der Waals surface area (Å²) in [5.74, 6) is 0.219. The first-order chi connectivity index (χ1) is 14.6. The predicted octanol–water partition coefficient (Wildman–Crippen LogP) is 0.411. The monoisotopic (exact) mass is 448 g/mol. The molecule has 3 heterocycles. The van der Waals surface area contributed by atoms with Crippen LogP contribution in [0, 0.1) is 6.92 Å². The number of carbonyl (C=O) groups excluding carboxylic acids is 1. The number of anilines is 3. The van der Waals surface area contributed by atoms with Gasteiger partial charge in [-0.3, -0.25) is 9.48 Å². The molecule has 3 rings (SSSR count). The Labute approximate surface area is 179 Å². The van der Waals surface area contributed by atoms with Crippen molar-refractivity contribution in [3.8, 4) is 0 Å². The van der Waals surface area contributed by atoms with Crippen molar-refractivity contribution < 1.29 is 18.3 Å². The molecule has 0 aliphatic rings. The Kier molecular flexibility index (Phi) is 6.36. The lowest BCUT2D eigenvalue weighted by atomic mass is 10.3. The highest BCUT2D eigenvalue weighted by Crippen LogP contribution is 2.28. The van der Waals surface area contributed by atoms with Gasteiger partial charge in [-0.25, -0.2) is 23.1 Å². The van der Waals surface area contributed by atoms with E-state index in [1.54, 1.807) is 18.1 Å². The zero-order valence-electron chi connectivity index (χ0n) is 17.6. The van der Waals surface area contributed by atoms with Gasteiger partial charge in [0.2, 0.25) is 16.0 Å². The van der Waals surface area contributed by atoms with Gasteiger partial charge in [-0.2, -0.15) is 10.1 Å². The molecule has 0 aromatic carbocycles. The van der Waals surface area contributed by atoms with Gasteiger partial charge >= 0.3 is 0 Å². The standard InChI is InChI=1S/C18H24N8O4S/c1-5-25(3)18-21-13-14(17(28)24-31(4,29)30)23-26(8-9-27)15(13)16(22-18)20-12-10-11(2)6-7-19-12/h6-7,10,27H,5,8-9H2,1-4H3,(H,24,28)(H,19,20,21,22). The van der Waals surface area contributed by atoms with Crippen LogP contribution in [0.4, 0.5) is 17.6 Å². The number of rotatable bonds is 8. The molecular formula is C18H24N8O4S. The molecule has 1 amide bonds. The highest BCUT2D eigenvalue weighted by molar-refractivity contribution is 7.89. The van der Waals surface area contributed by atoms with Crippen molar-refractivity contribution in [2.45, 2.75) is 20.4 Å². The maximum absolute atomic E-state index is 12.6. The van der Waals surface area contributed by atoms with Gasteiger partial charge in [-0.05, 0) is 31.5 Å². The number of amides is 1. The minimum Gasteiger partial charge on any atom is -0.394 e. The number of nitrogens with zero attached hydrogens (tertiary/aromatic N) is 6. The third-order valence-corrected chi connectivity index (χ3v) is 4.91. The van der Waals surface area contributed by atoms with E-state index >= 15 is 0 Å². The number of aryl methyl sites for hydroxylation is 1. The molecule has 0 spiro atoms. The predicted molar refractivity (Wildman–Crippen MR) is 116 cm³/mol. The van der Waals surface area contributed by atoms with Gasteiger partial charge in [-0.15, -0.1) is 0 Å². The van der Waals surface area contributed by atoms with Gasteiger partial charge in [0.25, 0.3) is 5.91 Å². The fourth-order valence-electron chi connectivity index (χ4n) is 2.82. The quantitative estimate of drug-likeness (QED) is 0.441. The average Bonchev–Trinajstić information content (AvgIpc) is 3.05. The van der Waals surface area contributed by atoms with Crippen molar-refractivity contribution in [2.24, 2.45) is 0 Å². The Hall–Kier alpha value is -3.32. The summed E-state index contributed by atoms with van der Waals surface area (Å²) in [6, 6.07) is 3.67. The number of fused-ring (bicyclic) bond motifs is 1. The third kappa shape index (κ3) is 5.06. The second-order valence-corrected chi connectivity index (χ2v) is 8.67. The van der Waals surface area contributed by atoms with Crippen LogP contribution in [0.15, 0.2) is 18.3 Å². The highest BCUT2D eigenvalue weighted by Gasteiger charge is 2.25. The fourth-order valence-corrected chi connectivity index (χ4v) is 3.26. The normalized spacial score (nSPS) is 11.5. The number of nitrogens with one attached hydrogen (secondary N) is 2. The van der Waals surface area contributed by atoms with Crippen LogP contribution < -0.4 is 14.9 Å². The van der Waals surface area contributed by atoms with Crippen molar-refractivity contribution >= 4 is 44.5 Å². The molecule has 0 radical (unpaired) electrons. The van der Waals surface area contributed by atoms with Crippen molar-refractivity contribution in [1.29, 1.82) is 0 Å². The first-order valence-electron chi connectivity index (χ1n) is 9.45. The first-order valence-corrected chi connectivity index (χ1v) is 11.3. The van der Waals surface area contributed by atoms with Gasteiger partial charge < -0.3 is 15.3 Å². The Bertz CT molecular complexity index is 1220. The zero-order chi connectivity index (χ0) is 22.8. The van der Waals surface area contributed by atoms with Crippen LogP contribution in [0.1, 0.15) is 23.0 Å². The van der Waals surface area contributed by atoms with E-state index in [0.29, 0.717) is 29.6 Å². The van der Waals surface area contributed by atoms with Crippen molar-refractivity contribution in [2.75, 3.05) is 36.7 Å². The fraction of sp³-hybridized carbons (Fsp3) is 0.389. The van der Waals surface area contributed by atoms with E-state index in [0.717, 1.165) is 11.8 Å².